The van der Waals surface area contributed by atoms with Crippen LogP contribution in [0.5, 0.6) is 0 Å². The highest BCUT2D eigenvalue weighted by atomic mass is 127. The fourth-order valence-electron chi connectivity index (χ4n) is 1.01. The molecule has 0 heterocycles. The van der Waals surface area contributed by atoms with E-state index in [2.05, 4.69) is 61.2 Å². The first kappa shape index (κ1) is 9.78. The first-order valence-electron chi connectivity index (χ1n) is 3.87. The van der Waals surface area contributed by atoms with E-state index in [0.717, 1.165) is 0 Å². The van der Waals surface area contributed by atoms with Crippen molar-refractivity contribution in [3.8, 4) is 0 Å². The molecule has 0 aliphatic carbocycles. The molecule has 1 radical (unpaired) electrons. The molecule has 0 unspecified atom stereocenters. The van der Waals surface area contributed by atoms with Gasteiger partial charge >= 0.3 is 0 Å². The van der Waals surface area contributed by atoms with Crippen molar-refractivity contribution in [3.05, 3.63) is 51.5 Å². The molecule has 1 rings (SSSR count). The molecule has 0 nitrogen and oxygen atoms in total. The SMILES string of the molecule is C=C[C](C)c1ccc(I)c(C)c1. The van der Waals surface area contributed by atoms with Crippen molar-refractivity contribution in [1.82, 2.24) is 0 Å². The average molecular weight is 271 g/mol. The maximum absolute atomic E-state index is 3.75. The lowest BCUT2D eigenvalue weighted by Gasteiger charge is -2.07. The van der Waals surface area contributed by atoms with Gasteiger partial charge in [-0.2, -0.15) is 0 Å². The van der Waals surface area contributed by atoms with Gasteiger partial charge in [0.2, 0.25) is 0 Å². The monoisotopic (exact) mass is 271 g/mol. The molecule has 0 spiro atoms. The van der Waals surface area contributed by atoms with Gasteiger partial charge in [0.25, 0.3) is 0 Å². The second-order valence-electron chi connectivity index (χ2n) is 2.85. The lowest BCUT2D eigenvalue weighted by atomic mass is 10.00. The van der Waals surface area contributed by atoms with Gasteiger partial charge in [0.15, 0.2) is 0 Å². The molecule has 0 bridgehead atoms. The predicted molar refractivity (Wildman–Crippen MR) is 62.1 cm³/mol. The van der Waals surface area contributed by atoms with Gasteiger partial charge in [-0.15, -0.1) is 6.58 Å². The van der Waals surface area contributed by atoms with E-state index in [4.69, 9.17) is 0 Å². The number of allylic oxidation sites excluding steroid dienone is 1. The smallest absolute Gasteiger partial charge is 0.0230 e. The Kier molecular flexibility index (Phi) is 3.32. The van der Waals surface area contributed by atoms with E-state index in [1.807, 2.05) is 6.08 Å². The molecule has 0 atom stereocenters. The zero-order chi connectivity index (χ0) is 9.14. The molecule has 1 heteroatoms. The zero-order valence-electron chi connectivity index (χ0n) is 7.39. The lowest BCUT2D eigenvalue weighted by Crippen LogP contribution is -1.91. The predicted octanol–water partition coefficient (Wildman–Crippen LogP) is 3.73. The highest BCUT2D eigenvalue weighted by Gasteiger charge is 2.02. The minimum absolute atomic E-state index is 1.23. The summed E-state index contributed by atoms with van der Waals surface area (Å²) in [5.74, 6) is 1.23. The van der Waals surface area contributed by atoms with Crippen LogP contribution in [0.4, 0.5) is 0 Å². The Hall–Kier alpha value is -0.310. The van der Waals surface area contributed by atoms with Crippen LogP contribution in [0, 0.1) is 16.4 Å². The van der Waals surface area contributed by atoms with Gasteiger partial charge in [-0.05, 0) is 46.7 Å². The Balaban J connectivity index is 3.04. The van der Waals surface area contributed by atoms with Gasteiger partial charge in [0, 0.05) is 9.49 Å². The maximum atomic E-state index is 3.75. The van der Waals surface area contributed by atoms with Crippen molar-refractivity contribution in [2.24, 2.45) is 0 Å². The Morgan fingerprint density at radius 1 is 1.50 bits per heavy atom. The highest BCUT2D eigenvalue weighted by Crippen LogP contribution is 2.19. The standard InChI is InChI=1S/C11H12I/c1-4-8(2)10-5-6-11(12)9(3)7-10/h4-7H,1H2,2-3H3. The van der Waals surface area contributed by atoms with Crippen molar-refractivity contribution in [3.63, 3.8) is 0 Å². The van der Waals surface area contributed by atoms with Crippen molar-refractivity contribution in [2.75, 3.05) is 0 Å². The number of hydrogen-bond acceptors (Lipinski definition) is 0. The summed E-state index contributed by atoms with van der Waals surface area (Å²) in [4.78, 5) is 0. The van der Waals surface area contributed by atoms with E-state index in [1.165, 1.54) is 20.6 Å². The minimum Gasteiger partial charge on any atom is -0.102 e. The molecule has 1 aromatic rings. The van der Waals surface area contributed by atoms with Gasteiger partial charge in [0.1, 0.15) is 0 Å². The van der Waals surface area contributed by atoms with E-state index in [1.54, 1.807) is 0 Å². The first-order valence-corrected chi connectivity index (χ1v) is 4.95. The number of aryl methyl sites for hydroxylation is 1. The van der Waals surface area contributed by atoms with Gasteiger partial charge in [-0.1, -0.05) is 25.1 Å². The van der Waals surface area contributed by atoms with Gasteiger partial charge in [-0.25, -0.2) is 0 Å². The summed E-state index contributed by atoms with van der Waals surface area (Å²) in [6.07, 6.45) is 1.89. The van der Waals surface area contributed by atoms with Crippen LogP contribution in [0.2, 0.25) is 0 Å². The summed E-state index contributed by atoms with van der Waals surface area (Å²) in [5, 5.41) is 0. The Bertz CT molecular complexity index is 289. The second kappa shape index (κ2) is 4.08. The summed E-state index contributed by atoms with van der Waals surface area (Å²) in [5.41, 5.74) is 2.59. The van der Waals surface area contributed by atoms with Crippen molar-refractivity contribution < 1.29 is 0 Å². The lowest BCUT2D eigenvalue weighted by molar-refractivity contribution is 1.23. The molecular formula is C11H12I. The van der Waals surface area contributed by atoms with E-state index in [-0.39, 0.29) is 0 Å². The summed E-state index contributed by atoms with van der Waals surface area (Å²) in [6.45, 7) is 7.95. The fraction of sp³-hybridized carbons (Fsp3) is 0.182. The van der Waals surface area contributed by atoms with Crippen LogP contribution < -0.4 is 0 Å². The largest absolute Gasteiger partial charge is 0.102 e. The Morgan fingerprint density at radius 2 is 2.17 bits per heavy atom. The van der Waals surface area contributed by atoms with Crippen molar-refractivity contribution in [1.29, 1.82) is 0 Å². The molecular weight excluding hydrogens is 259 g/mol. The highest BCUT2D eigenvalue weighted by molar-refractivity contribution is 14.1. The fourth-order valence-corrected chi connectivity index (χ4v) is 1.34. The number of halogens is 1. The topological polar surface area (TPSA) is 0 Å². The van der Waals surface area contributed by atoms with Gasteiger partial charge in [-0.3, -0.25) is 0 Å². The second-order valence-corrected chi connectivity index (χ2v) is 4.01. The summed E-state index contributed by atoms with van der Waals surface area (Å²) >= 11 is 2.34. The van der Waals surface area contributed by atoms with Crippen LogP contribution >= 0.6 is 22.6 Å². The maximum Gasteiger partial charge on any atom is 0.0230 e. The number of hydrogen-bond donors (Lipinski definition) is 0. The van der Waals surface area contributed by atoms with Crippen LogP contribution in [-0.2, 0) is 0 Å². The zero-order valence-corrected chi connectivity index (χ0v) is 9.55. The molecule has 0 saturated heterocycles. The molecule has 12 heavy (non-hydrogen) atoms. The molecule has 63 valence electrons. The third-order valence-electron chi connectivity index (χ3n) is 1.92. The quantitative estimate of drug-likeness (QED) is 0.719. The van der Waals surface area contributed by atoms with E-state index in [9.17, 15) is 0 Å². The van der Waals surface area contributed by atoms with Crippen LogP contribution in [0.1, 0.15) is 18.1 Å². The van der Waals surface area contributed by atoms with Crippen molar-refractivity contribution >= 4 is 22.6 Å². The normalized spacial score (nSPS) is 10.3. The molecule has 0 fully saturated rings. The summed E-state index contributed by atoms with van der Waals surface area (Å²) < 4.78 is 1.31. The molecule has 0 aliphatic rings. The molecule has 0 saturated carbocycles. The van der Waals surface area contributed by atoms with E-state index in [0.29, 0.717) is 0 Å². The van der Waals surface area contributed by atoms with Crippen LogP contribution in [-0.4, -0.2) is 0 Å². The summed E-state index contributed by atoms with van der Waals surface area (Å²) in [6, 6.07) is 6.46. The Labute approximate surface area is 87.8 Å². The molecule has 1 aromatic carbocycles. The minimum atomic E-state index is 1.23. The van der Waals surface area contributed by atoms with Crippen LogP contribution in [0.25, 0.3) is 0 Å². The average Bonchev–Trinajstić information content (AvgIpc) is 2.08. The van der Waals surface area contributed by atoms with Gasteiger partial charge < -0.3 is 0 Å². The van der Waals surface area contributed by atoms with E-state index >= 15 is 0 Å². The molecule has 0 aromatic heterocycles. The first-order chi connectivity index (χ1) is 5.65. The van der Waals surface area contributed by atoms with Crippen molar-refractivity contribution in [2.45, 2.75) is 13.8 Å². The third kappa shape index (κ3) is 2.09. The third-order valence-corrected chi connectivity index (χ3v) is 3.13. The van der Waals surface area contributed by atoms with E-state index < -0.39 is 0 Å². The van der Waals surface area contributed by atoms with Gasteiger partial charge in [0.05, 0.1) is 0 Å². The molecule has 0 N–H and O–H groups in total. The number of rotatable bonds is 2. The number of benzene rings is 1. The molecule has 0 amide bonds. The summed E-state index contributed by atoms with van der Waals surface area (Å²) in [7, 11) is 0. The molecule has 0 aliphatic heterocycles. The van der Waals surface area contributed by atoms with Crippen LogP contribution in [0.15, 0.2) is 30.9 Å². The van der Waals surface area contributed by atoms with Crippen LogP contribution in [0.3, 0.4) is 0 Å². The Morgan fingerprint density at radius 3 is 2.67 bits per heavy atom.